The summed E-state index contributed by atoms with van der Waals surface area (Å²) >= 11 is 0.403. The Balaban J connectivity index is 1.23. The van der Waals surface area contributed by atoms with Crippen LogP contribution in [0.25, 0.3) is 46.6 Å². The summed E-state index contributed by atoms with van der Waals surface area (Å²) in [5.41, 5.74) is -10.5. The van der Waals surface area contributed by atoms with Crippen molar-refractivity contribution in [1.29, 1.82) is 0 Å². The number of benzene rings is 4. The van der Waals surface area contributed by atoms with Gasteiger partial charge in [-0.15, -0.1) is 22.7 Å². The first-order valence-electron chi connectivity index (χ1n) is 22.5. The van der Waals surface area contributed by atoms with Crippen LogP contribution in [0.4, 0.5) is 87.8 Å². The first-order chi connectivity index (χ1) is 39.0. The van der Waals surface area contributed by atoms with E-state index in [1.54, 1.807) is 0 Å². The average Bonchev–Trinajstić information content (AvgIpc) is 4.04. The van der Waals surface area contributed by atoms with Gasteiger partial charge in [-0.05, 0) is 97.1 Å². The predicted molar refractivity (Wildman–Crippen MR) is 251 cm³/mol. The second kappa shape index (κ2) is 20.5. The van der Waals surface area contributed by atoms with Crippen LogP contribution in [0.2, 0.25) is 0 Å². The van der Waals surface area contributed by atoms with Crippen molar-refractivity contribution in [2.45, 2.75) is 0 Å². The lowest BCUT2D eigenvalue weighted by atomic mass is 10.0. The molecule has 4 nitrogen and oxygen atoms in total. The molecule has 0 unspecified atom stereocenters. The smallest absolute Gasteiger partial charge is 0.200 e. The Bertz CT molecular complexity index is 4020. The van der Waals surface area contributed by atoms with E-state index >= 15 is 70.2 Å². The molecule has 0 aliphatic carbocycles. The maximum absolute atomic E-state index is 15.9. The van der Waals surface area contributed by atoms with Crippen molar-refractivity contribution in [3.63, 3.8) is 0 Å². The van der Waals surface area contributed by atoms with Gasteiger partial charge in [-0.25, -0.2) is 87.8 Å². The van der Waals surface area contributed by atoms with Crippen molar-refractivity contribution in [2.75, 3.05) is 0 Å². The lowest BCUT2D eigenvalue weighted by Crippen LogP contribution is -2.14. The molecule has 0 atom stereocenters. The van der Waals surface area contributed by atoms with Crippen LogP contribution in [0.15, 0.2) is 90.5 Å². The van der Waals surface area contributed by atoms with Gasteiger partial charge in [0.25, 0.3) is 0 Å². The van der Waals surface area contributed by atoms with Gasteiger partial charge >= 0.3 is 0 Å². The molecule has 0 N–H and O–H groups in total. The predicted octanol–water partition coefficient (Wildman–Crippen LogP) is 14.6. The molecule has 10 aromatic rings. The first-order valence-corrected chi connectivity index (χ1v) is 24.1. The minimum Gasteiger partial charge on any atom is -0.457 e. The molecule has 1 aliphatic rings. The fraction of sp³-hybridized carbons (Fsp3) is 0. The highest BCUT2D eigenvalue weighted by Gasteiger charge is 2.35. The van der Waals surface area contributed by atoms with Gasteiger partial charge in [0.05, 0.1) is 22.3 Å². The van der Waals surface area contributed by atoms with E-state index in [1.165, 1.54) is 0 Å². The lowest BCUT2D eigenvalue weighted by molar-refractivity contribution is 0.376. The summed E-state index contributed by atoms with van der Waals surface area (Å²) < 4.78 is 326. The van der Waals surface area contributed by atoms with Crippen molar-refractivity contribution in [1.82, 2.24) is 0 Å². The van der Waals surface area contributed by atoms with E-state index in [0.717, 1.165) is 97.1 Å². The topological polar surface area (TPSA) is 52.6 Å². The molecular formula is C56H16F20O4S2. The Hall–Kier alpha value is -9.04. The summed E-state index contributed by atoms with van der Waals surface area (Å²) in [6.45, 7) is 0. The molecule has 82 heavy (non-hydrogen) atoms. The molecule has 4 aromatic carbocycles. The standard InChI is InChI=1S/C56H16F20O4S2/c57-37-33(38(58)46(66)53(73)45(37)65)29-21-9-5-17(77-21)1-2-18-6-10-22(78-18)30(34-39(59)47(67)54(74)48(68)40(34)60)26-15-16-28(82-26)32(36-43(63)51(71)56(76)52(72)44(36)64)24-12-8-20(80-24)4-3-19-7-11-23(79-19)31(27-14-13-25(29)81-27)35-41(61)49(69)55(75)50(70)42(35)62/h1-16H/b2-1+,4-3+,17-1?,18-2?,19-3?,20-4?,29-21?,29-25+,30-22?,30-26+,31-23?,31-27+,32-24?,32-28+. The van der Waals surface area contributed by atoms with Crippen molar-refractivity contribution in [2.24, 2.45) is 0 Å². The van der Waals surface area contributed by atoms with E-state index in [4.69, 9.17) is 17.7 Å². The van der Waals surface area contributed by atoms with E-state index in [1.807, 2.05) is 0 Å². The summed E-state index contributed by atoms with van der Waals surface area (Å²) in [6, 6.07) is 11.2. The Morgan fingerprint density at radius 2 is 0.354 bits per heavy atom. The van der Waals surface area contributed by atoms with E-state index in [-0.39, 0.29) is 45.7 Å². The highest BCUT2D eigenvalue weighted by Crippen LogP contribution is 2.38. The highest BCUT2D eigenvalue weighted by atomic mass is 32.1. The van der Waals surface area contributed by atoms with Crippen molar-refractivity contribution in [3.05, 3.63) is 276 Å². The first kappa shape index (κ1) is 54.9. The molecule has 1 aliphatic heterocycles. The molecule has 0 saturated heterocycles. The monoisotopic (exact) mass is 1200 g/mol. The van der Waals surface area contributed by atoms with Crippen LogP contribution in [0.5, 0.6) is 0 Å². The molecule has 0 saturated carbocycles. The summed E-state index contributed by atoms with van der Waals surface area (Å²) in [5.74, 6) is -54.2. The number of halogens is 20. The number of rotatable bonds is 4. The van der Waals surface area contributed by atoms with Crippen LogP contribution >= 0.6 is 22.7 Å². The van der Waals surface area contributed by atoms with Crippen LogP contribution in [0.1, 0.15) is 68.3 Å². The van der Waals surface area contributed by atoms with Crippen molar-refractivity contribution in [3.8, 4) is 0 Å². The van der Waals surface area contributed by atoms with Crippen LogP contribution in [0.3, 0.4) is 0 Å². The minimum atomic E-state index is -2.60. The average molecular weight is 1200 g/mol. The molecule has 0 amide bonds. The van der Waals surface area contributed by atoms with Crippen LogP contribution in [0, 0.1) is 116 Å². The fourth-order valence-electron chi connectivity index (χ4n) is 8.62. The van der Waals surface area contributed by atoms with Gasteiger partial charge in [0.2, 0.25) is 23.3 Å². The van der Waals surface area contributed by atoms with Crippen LogP contribution in [-0.2, 0) is 0 Å². The minimum absolute atomic E-state index is 0.201. The summed E-state index contributed by atoms with van der Waals surface area (Å²) in [5, 5.41) is 0. The highest BCUT2D eigenvalue weighted by molar-refractivity contribution is 7.08. The third-order valence-electron chi connectivity index (χ3n) is 12.4. The number of hydrogen-bond donors (Lipinski definition) is 0. The second-order valence-electron chi connectivity index (χ2n) is 17.1. The van der Waals surface area contributed by atoms with Crippen LogP contribution in [-0.4, -0.2) is 0 Å². The third-order valence-corrected chi connectivity index (χ3v) is 14.6. The molecule has 416 valence electrons. The molecule has 6 aromatic heterocycles. The molecule has 0 spiro atoms. The van der Waals surface area contributed by atoms with Crippen LogP contribution < -0.4 is 18.1 Å². The second-order valence-corrected chi connectivity index (χ2v) is 19.2. The molecule has 0 radical (unpaired) electrons. The summed E-state index contributed by atoms with van der Waals surface area (Å²) in [7, 11) is 0. The van der Waals surface area contributed by atoms with E-state index in [2.05, 4.69) is 0 Å². The maximum Gasteiger partial charge on any atom is 0.200 e. The number of thiophene rings is 2. The quantitative estimate of drug-likeness (QED) is 0.100. The van der Waals surface area contributed by atoms with Gasteiger partial charge in [0.15, 0.2) is 93.1 Å². The number of fused-ring (bicyclic) bond motifs is 12. The van der Waals surface area contributed by atoms with Gasteiger partial charge in [-0.3, -0.25) is 0 Å². The molecule has 26 heteroatoms. The van der Waals surface area contributed by atoms with Gasteiger partial charge in [0.1, 0.15) is 46.1 Å². The SMILES string of the molecule is Fc1c(F)c(F)c(/C2=c3\cc/c(s3)=C(\c3c(F)c(F)c(F)c(F)c3F)c3ccc(o3)/C=C/c3ccc(o3)/C(c3c(F)c(F)c(F)c(F)c3F)=c3/cc/c(s3)=C(\c3c(F)c(F)c(F)c(F)c3F)c3ccc(o3)/C=C/c3ccc2o3)c(F)c1F. The zero-order valence-electron chi connectivity index (χ0n) is 39.2. The third kappa shape index (κ3) is 8.77. The molecule has 0 fully saturated rings. The van der Waals surface area contributed by atoms with Gasteiger partial charge in [0, 0.05) is 40.4 Å². The number of hydrogen-bond acceptors (Lipinski definition) is 6. The number of furan rings is 4. The Morgan fingerprint density at radius 3 is 0.524 bits per heavy atom. The summed E-state index contributed by atoms with van der Waals surface area (Å²) in [6.07, 6.45) is 3.92. The Kier molecular flexibility index (Phi) is 13.7. The fourth-order valence-corrected chi connectivity index (χ4v) is 10.9. The van der Waals surface area contributed by atoms with Gasteiger partial charge in [-0.1, -0.05) is 0 Å². The zero-order chi connectivity index (χ0) is 58.7. The van der Waals surface area contributed by atoms with E-state index < -0.39 is 202 Å². The Labute approximate surface area is 448 Å². The van der Waals surface area contributed by atoms with Gasteiger partial charge < -0.3 is 17.7 Å². The molecule has 7 heterocycles. The Morgan fingerprint density at radius 1 is 0.195 bits per heavy atom. The molecule has 11 rings (SSSR count). The van der Waals surface area contributed by atoms with E-state index in [9.17, 15) is 17.6 Å². The summed E-state index contributed by atoms with van der Waals surface area (Å²) in [4.78, 5) is 0. The van der Waals surface area contributed by atoms with Gasteiger partial charge in [-0.2, -0.15) is 0 Å². The van der Waals surface area contributed by atoms with Crippen molar-refractivity contribution >= 4 is 69.3 Å². The maximum atomic E-state index is 15.9. The van der Waals surface area contributed by atoms with Crippen molar-refractivity contribution < 1.29 is 105 Å². The molecular weight excluding hydrogens is 1180 g/mol. The zero-order valence-corrected chi connectivity index (χ0v) is 40.9. The van der Waals surface area contributed by atoms with E-state index in [0.29, 0.717) is 0 Å². The molecule has 12 bridgehead atoms. The lowest BCUT2D eigenvalue weighted by Gasteiger charge is -2.11. The normalized spacial score (nSPS) is 16.3. The largest absolute Gasteiger partial charge is 0.457 e.